The van der Waals surface area contributed by atoms with Gasteiger partial charge in [-0.05, 0) is 80.1 Å². The Morgan fingerprint density at radius 1 is 0.957 bits per heavy atom. The molecule has 1 heterocycles. The van der Waals surface area contributed by atoms with Crippen molar-refractivity contribution >= 4 is 45.0 Å². The molecule has 46 heavy (non-hydrogen) atoms. The Balaban J connectivity index is 0.000000724. The molecule has 0 radical (unpaired) electrons. The molecule has 3 amide bonds. The number of hydrogen-bond donors (Lipinski definition) is 4. The number of rotatable bonds is 14. The largest absolute Gasteiger partial charge is 0.354 e. The third-order valence-corrected chi connectivity index (χ3v) is 8.69. The molecule has 1 aliphatic rings. The van der Waals surface area contributed by atoms with Crippen LogP contribution in [0.3, 0.4) is 0 Å². The van der Waals surface area contributed by atoms with Crippen molar-refractivity contribution in [3.8, 4) is 0 Å². The van der Waals surface area contributed by atoms with Gasteiger partial charge >= 0.3 is 0 Å². The van der Waals surface area contributed by atoms with Gasteiger partial charge in [0.1, 0.15) is 0 Å². The lowest BCUT2D eigenvalue weighted by Gasteiger charge is -2.19. The number of carbonyl (C=O) groups is 3. The molecule has 0 saturated heterocycles. The van der Waals surface area contributed by atoms with E-state index in [0.717, 1.165) is 34.7 Å². The van der Waals surface area contributed by atoms with Crippen LogP contribution >= 0.6 is 11.6 Å². The van der Waals surface area contributed by atoms with Crippen LogP contribution in [-0.4, -0.2) is 70.1 Å². The van der Waals surface area contributed by atoms with E-state index >= 15 is 0 Å². The number of halogens is 1. The van der Waals surface area contributed by atoms with Gasteiger partial charge in [0, 0.05) is 61.3 Å². The molecule has 0 aliphatic heterocycles. The number of nitrogens with one attached hydrogen (secondary N) is 4. The monoisotopic (exact) mass is 670 g/mol. The van der Waals surface area contributed by atoms with E-state index < -0.39 is 21.8 Å². The summed E-state index contributed by atoms with van der Waals surface area (Å²) in [6.45, 7) is 5.37. The Kier molecular flexibility index (Phi) is 14.0. The van der Waals surface area contributed by atoms with Crippen LogP contribution in [0, 0.1) is 12.8 Å². The van der Waals surface area contributed by atoms with E-state index in [1.165, 1.54) is 25.2 Å². The first-order valence-electron chi connectivity index (χ1n) is 15.2. The SMILES string of the molecule is CC[C@H](NCCNC(=O)c1cc(C(=O)NCc2cccc(Cl)c2)cc(N(C)S(C)(=O)=O)c1)C(=O)NCC1CC1.Cc1ccccn1. The molecule has 2 aromatic carbocycles. The number of hydrogen-bond acceptors (Lipinski definition) is 7. The highest BCUT2D eigenvalue weighted by Gasteiger charge is 2.24. The van der Waals surface area contributed by atoms with E-state index in [9.17, 15) is 22.8 Å². The van der Waals surface area contributed by atoms with Crippen molar-refractivity contribution in [2.45, 2.75) is 45.7 Å². The summed E-state index contributed by atoms with van der Waals surface area (Å²) in [5, 5.41) is 12.2. The standard InChI is InChI=1S/C27H36ClN5O5S.C6H7N/c1-4-24(27(36)32-16-18-8-9-18)29-10-11-30-25(34)20-13-21(15-23(14-20)33(2)39(3,37)38)26(35)31-17-19-6-5-7-22(28)12-19;1-6-4-2-3-5-7-6/h5-7,12-15,18,24,29H,4,8-11,16-17H2,1-3H3,(H,30,34)(H,31,35)(H,32,36);2-5H,1H3/t24-;/m0./s1. The molecule has 1 fully saturated rings. The van der Waals surface area contributed by atoms with Gasteiger partial charge in [-0.15, -0.1) is 0 Å². The molecule has 4 rings (SSSR count). The van der Waals surface area contributed by atoms with Gasteiger partial charge in [0.15, 0.2) is 0 Å². The van der Waals surface area contributed by atoms with Crippen molar-refractivity contribution in [1.29, 1.82) is 0 Å². The third kappa shape index (κ3) is 12.4. The highest BCUT2D eigenvalue weighted by atomic mass is 35.5. The Morgan fingerprint density at radius 2 is 1.65 bits per heavy atom. The number of aromatic nitrogens is 1. The van der Waals surface area contributed by atoms with Gasteiger partial charge in [-0.25, -0.2) is 8.42 Å². The summed E-state index contributed by atoms with van der Waals surface area (Å²) in [6.07, 6.45) is 5.74. The molecule has 1 atom stereocenters. The molecule has 0 unspecified atom stereocenters. The smallest absolute Gasteiger partial charge is 0.251 e. The maximum absolute atomic E-state index is 13.0. The minimum atomic E-state index is -3.64. The normalized spacial score (nSPS) is 13.1. The van der Waals surface area contributed by atoms with Crippen LogP contribution in [0.5, 0.6) is 0 Å². The summed E-state index contributed by atoms with van der Waals surface area (Å²) < 4.78 is 25.3. The van der Waals surface area contributed by atoms with Crippen LogP contribution in [0.15, 0.2) is 66.9 Å². The van der Waals surface area contributed by atoms with Gasteiger partial charge in [-0.3, -0.25) is 23.7 Å². The van der Waals surface area contributed by atoms with Gasteiger partial charge < -0.3 is 21.3 Å². The Labute approximate surface area is 276 Å². The van der Waals surface area contributed by atoms with E-state index in [1.54, 1.807) is 24.4 Å². The van der Waals surface area contributed by atoms with Crippen LogP contribution < -0.4 is 25.6 Å². The van der Waals surface area contributed by atoms with Gasteiger partial charge in [-0.2, -0.15) is 0 Å². The summed E-state index contributed by atoms with van der Waals surface area (Å²) in [7, 11) is -2.29. The zero-order valence-electron chi connectivity index (χ0n) is 26.7. The van der Waals surface area contributed by atoms with Crippen molar-refractivity contribution < 1.29 is 22.8 Å². The van der Waals surface area contributed by atoms with Crippen molar-refractivity contribution in [3.63, 3.8) is 0 Å². The summed E-state index contributed by atoms with van der Waals surface area (Å²) in [5.74, 6) is -0.416. The van der Waals surface area contributed by atoms with E-state index in [4.69, 9.17) is 11.6 Å². The first kappa shape index (κ1) is 36.5. The number of sulfonamides is 1. The van der Waals surface area contributed by atoms with Gasteiger partial charge in [0.25, 0.3) is 11.8 Å². The summed E-state index contributed by atoms with van der Waals surface area (Å²) in [4.78, 5) is 42.2. The van der Waals surface area contributed by atoms with Crippen molar-refractivity contribution in [1.82, 2.24) is 26.3 Å². The minimum absolute atomic E-state index is 0.0549. The average Bonchev–Trinajstić information content (AvgIpc) is 3.87. The predicted molar refractivity (Wildman–Crippen MR) is 181 cm³/mol. The van der Waals surface area contributed by atoms with Crippen molar-refractivity contribution in [2.24, 2.45) is 5.92 Å². The summed E-state index contributed by atoms with van der Waals surface area (Å²) in [6, 6.07) is 16.8. The third-order valence-electron chi connectivity index (χ3n) is 7.25. The molecule has 0 bridgehead atoms. The topological polar surface area (TPSA) is 150 Å². The highest BCUT2D eigenvalue weighted by molar-refractivity contribution is 7.92. The van der Waals surface area contributed by atoms with Gasteiger partial charge in [0.2, 0.25) is 15.9 Å². The number of anilines is 1. The van der Waals surface area contributed by atoms with Crippen LogP contribution in [0.4, 0.5) is 5.69 Å². The second-order valence-corrected chi connectivity index (χ2v) is 13.6. The van der Waals surface area contributed by atoms with Gasteiger partial charge in [-0.1, -0.05) is 36.7 Å². The molecule has 1 saturated carbocycles. The second kappa shape index (κ2) is 17.6. The lowest BCUT2D eigenvalue weighted by atomic mass is 10.1. The van der Waals surface area contributed by atoms with Crippen LogP contribution in [0.25, 0.3) is 0 Å². The van der Waals surface area contributed by atoms with Gasteiger partial charge in [0.05, 0.1) is 18.0 Å². The number of pyridine rings is 1. The van der Waals surface area contributed by atoms with Crippen LogP contribution in [0.2, 0.25) is 5.02 Å². The maximum Gasteiger partial charge on any atom is 0.251 e. The summed E-state index contributed by atoms with van der Waals surface area (Å²) >= 11 is 6.01. The van der Waals surface area contributed by atoms with E-state index in [-0.39, 0.29) is 41.9 Å². The zero-order chi connectivity index (χ0) is 33.7. The van der Waals surface area contributed by atoms with E-state index in [2.05, 4.69) is 26.3 Å². The Bertz CT molecular complexity index is 1580. The molecular weight excluding hydrogens is 628 g/mol. The highest BCUT2D eigenvalue weighted by Crippen LogP contribution is 2.27. The molecule has 1 aliphatic carbocycles. The number of benzene rings is 2. The number of aryl methyl sites for hydroxylation is 1. The quantitative estimate of drug-likeness (QED) is 0.191. The Hall–Kier alpha value is -4.00. The number of amides is 3. The fourth-order valence-corrected chi connectivity index (χ4v) is 4.96. The molecule has 0 spiro atoms. The molecule has 1 aromatic heterocycles. The van der Waals surface area contributed by atoms with Crippen LogP contribution in [-0.2, 0) is 21.4 Å². The zero-order valence-corrected chi connectivity index (χ0v) is 28.2. The first-order valence-corrected chi connectivity index (χ1v) is 17.4. The predicted octanol–water partition coefficient (Wildman–Crippen LogP) is 3.68. The molecular formula is C33H43ClN6O5S. The summed E-state index contributed by atoms with van der Waals surface area (Å²) in [5.41, 5.74) is 2.30. The maximum atomic E-state index is 13.0. The fraction of sp³-hybridized carbons (Fsp3) is 0.394. The second-order valence-electron chi connectivity index (χ2n) is 11.1. The van der Waals surface area contributed by atoms with Crippen molar-refractivity contribution in [3.05, 3.63) is 94.3 Å². The molecule has 11 nitrogen and oxygen atoms in total. The molecule has 3 aromatic rings. The molecule has 4 N–H and O–H groups in total. The molecule has 248 valence electrons. The Morgan fingerprint density at radius 3 is 2.20 bits per heavy atom. The van der Waals surface area contributed by atoms with E-state index in [0.29, 0.717) is 30.5 Å². The number of nitrogens with zero attached hydrogens (tertiary/aromatic N) is 2. The number of carbonyl (C=O) groups excluding carboxylic acids is 3. The minimum Gasteiger partial charge on any atom is -0.354 e. The fourth-order valence-electron chi connectivity index (χ4n) is 4.26. The van der Waals surface area contributed by atoms with E-state index in [1.807, 2.05) is 38.1 Å². The molecule has 13 heteroatoms. The first-order chi connectivity index (χ1) is 21.9. The van der Waals surface area contributed by atoms with Crippen LogP contribution in [0.1, 0.15) is 58.2 Å². The van der Waals surface area contributed by atoms with Crippen molar-refractivity contribution in [2.75, 3.05) is 37.2 Å². The lowest BCUT2D eigenvalue weighted by Crippen LogP contribution is -2.46. The average molecular weight is 671 g/mol. The lowest BCUT2D eigenvalue weighted by molar-refractivity contribution is -0.123.